The quantitative estimate of drug-likeness (QED) is 0.688. The van der Waals surface area contributed by atoms with E-state index in [9.17, 15) is 13.8 Å². The van der Waals surface area contributed by atoms with Gasteiger partial charge in [0.25, 0.3) is 0 Å². The minimum absolute atomic E-state index is 0.0665. The van der Waals surface area contributed by atoms with Gasteiger partial charge in [0.1, 0.15) is 11.0 Å². The molecule has 2 N–H and O–H groups in total. The molecule has 2 atom stereocenters. The number of hydrogen-bond acceptors (Lipinski definition) is 3. The number of carboxylic acid groups (broad SMARTS) is 1. The second-order valence-corrected chi connectivity index (χ2v) is 5.34. The molecule has 0 aliphatic heterocycles. The van der Waals surface area contributed by atoms with Crippen molar-refractivity contribution < 1.29 is 18.9 Å². The van der Waals surface area contributed by atoms with Gasteiger partial charge < -0.3 is 10.4 Å². The van der Waals surface area contributed by atoms with E-state index in [4.69, 9.17) is 5.11 Å². The highest BCUT2D eigenvalue weighted by Crippen LogP contribution is 2.01. The van der Waals surface area contributed by atoms with Gasteiger partial charge in [-0.25, -0.2) is 0 Å². The molecule has 16 heavy (non-hydrogen) atoms. The van der Waals surface area contributed by atoms with Crippen molar-refractivity contribution in [2.75, 3.05) is 5.75 Å². The Balaban J connectivity index is 4.27. The van der Waals surface area contributed by atoms with Gasteiger partial charge in [0, 0.05) is 16.8 Å². The van der Waals surface area contributed by atoms with Crippen LogP contribution in [0.5, 0.6) is 0 Å². The first-order valence-corrected chi connectivity index (χ1v) is 6.69. The molecular weight excluding hydrogens is 230 g/mol. The molecule has 0 aliphatic rings. The lowest BCUT2D eigenvalue weighted by Gasteiger charge is -2.17. The SMILES string of the molecule is CCC(CC)NC(=O)C(C)S(=O)CC(=O)O. The van der Waals surface area contributed by atoms with Crippen molar-refractivity contribution in [3.05, 3.63) is 0 Å². The Kier molecular flexibility index (Phi) is 6.96. The topological polar surface area (TPSA) is 83.5 Å². The van der Waals surface area contributed by atoms with Crippen LogP contribution in [0.4, 0.5) is 0 Å². The lowest BCUT2D eigenvalue weighted by molar-refractivity contribution is -0.133. The van der Waals surface area contributed by atoms with E-state index in [0.717, 1.165) is 12.8 Å². The molecule has 0 radical (unpaired) electrons. The molecule has 0 aromatic rings. The van der Waals surface area contributed by atoms with Gasteiger partial charge >= 0.3 is 5.97 Å². The second kappa shape index (κ2) is 7.38. The highest BCUT2D eigenvalue weighted by molar-refractivity contribution is 7.87. The maximum Gasteiger partial charge on any atom is 0.316 e. The van der Waals surface area contributed by atoms with E-state index in [2.05, 4.69) is 5.32 Å². The number of hydrogen-bond donors (Lipinski definition) is 2. The van der Waals surface area contributed by atoms with Crippen molar-refractivity contribution in [3.8, 4) is 0 Å². The van der Waals surface area contributed by atoms with Crippen LogP contribution in [0.25, 0.3) is 0 Å². The molecule has 0 aliphatic carbocycles. The largest absolute Gasteiger partial charge is 0.481 e. The number of carboxylic acids is 1. The minimum atomic E-state index is -1.66. The molecule has 1 amide bonds. The van der Waals surface area contributed by atoms with E-state index in [1.807, 2.05) is 13.8 Å². The molecule has 0 saturated heterocycles. The monoisotopic (exact) mass is 249 g/mol. The van der Waals surface area contributed by atoms with Gasteiger partial charge in [-0.3, -0.25) is 13.8 Å². The minimum Gasteiger partial charge on any atom is -0.481 e. The van der Waals surface area contributed by atoms with Gasteiger partial charge in [-0.1, -0.05) is 13.8 Å². The third-order valence-electron chi connectivity index (χ3n) is 2.36. The number of aliphatic carboxylic acids is 1. The normalized spacial score (nSPS) is 14.5. The number of rotatable bonds is 7. The van der Waals surface area contributed by atoms with Crippen LogP contribution in [0.3, 0.4) is 0 Å². The van der Waals surface area contributed by atoms with Crippen molar-refractivity contribution in [2.24, 2.45) is 0 Å². The average molecular weight is 249 g/mol. The van der Waals surface area contributed by atoms with E-state index < -0.39 is 27.8 Å². The zero-order valence-corrected chi connectivity index (χ0v) is 10.7. The lowest BCUT2D eigenvalue weighted by Crippen LogP contribution is -2.42. The Hall–Kier alpha value is -0.910. The molecular formula is C10H19NO4S. The fourth-order valence-electron chi connectivity index (χ4n) is 1.18. The van der Waals surface area contributed by atoms with Crippen LogP contribution in [0.15, 0.2) is 0 Å². The van der Waals surface area contributed by atoms with Crippen molar-refractivity contribution in [2.45, 2.75) is 44.9 Å². The summed E-state index contributed by atoms with van der Waals surface area (Å²) in [6, 6.07) is 0.0665. The van der Waals surface area contributed by atoms with Gasteiger partial charge in [-0.15, -0.1) is 0 Å². The summed E-state index contributed by atoms with van der Waals surface area (Å²) in [5.74, 6) is -1.98. The van der Waals surface area contributed by atoms with E-state index in [1.54, 1.807) is 0 Å². The maximum absolute atomic E-state index is 11.6. The summed E-state index contributed by atoms with van der Waals surface area (Å²) in [5.41, 5.74) is 0. The molecule has 0 spiro atoms. The van der Waals surface area contributed by atoms with Crippen LogP contribution in [0.2, 0.25) is 0 Å². The molecule has 0 aromatic heterocycles. The van der Waals surface area contributed by atoms with Crippen LogP contribution in [-0.2, 0) is 20.4 Å². The fourth-order valence-corrected chi connectivity index (χ4v) is 1.98. The molecule has 2 unspecified atom stereocenters. The number of carbonyl (C=O) groups is 2. The van der Waals surface area contributed by atoms with E-state index in [-0.39, 0.29) is 11.9 Å². The van der Waals surface area contributed by atoms with Crippen LogP contribution in [-0.4, -0.2) is 38.2 Å². The summed E-state index contributed by atoms with van der Waals surface area (Å²) >= 11 is 0. The zero-order valence-electron chi connectivity index (χ0n) is 9.86. The molecule has 5 nitrogen and oxygen atoms in total. The highest BCUT2D eigenvalue weighted by atomic mass is 32.2. The number of carbonyl (C=O) groups excluding carboxylic acids is 1. The van der Waals surface area contributed by atoms with Crippen LogP contribution in [0, 0.1) is 0 Å². The van der Waals surface area contributed by atoms with Gasteiger partial charge in [-0.2, -0.15) is 0 Å². The van der Waals surface area contributed by atoms with E-state index in [0.29, 0.717) is 0 Å². The summed E-state index contributed by atoms with van der Waals surface area (Å²) in [5, 5.41) is 10.4. The fraction of sp³-hybridized carbons (Fsp3) is 0.800. The van der Waals surface area contributed by atoms with Gasteiger partial charge in [0.05, 0.1) is 0 Å². The first kappa shape index (κ1) is 15.1. The molecule has 0 heterocycles. The lowest BCUT2D eigenvalue weighted by atomic mass is 10.2. The van der Waals surface area contributed by atoms with Crippen molar-refractivity contribution in [3.63, 3.8) is 0 Å². The van der Waals surface area contributed by atoms with Gasteiger partial charge in [0.15, 0.2) is 0 Å². The maximum atomic E-state index is 11.6. The zero-order chi connectivity index (χ0) is 12.7. The highest BCUT2D eigenvalue weighted by Gasteiger charge is 2.23. The molecule has 0 bridgehead atoms. The van der Waals surface area contributed by atoms with Crippen LogP contribution < -0.4 is 5.32 Å². The molecule has 6 heteroatoms. The predicted octanol–water partition coefficient (Wildman–Crippen LogP) is 0.513. The number of nitrogens with one attached hydrogen (secondary N) is 1. The van der Waals surface area contributed by atoms with Crippen molar-refractivity contribution in [1.29, 1.82) is 0 Å². The van der Waals surface area contributed by atoms with Crippen molar-refractivity contribution >= 4 is 22.7 Å². The van der Waals surface area contributed by atoms with Crippen molar-refractivity contribution in [1.82, 2.24) is 5.32 Å². The molecule has 0 fully saturated rings. The van der Waals surface area contributed by atoms with Gasteiger partial charge in [-0.05, 0) is 19.8 Å². The van der Waals surface area contributed by atoms with Gasteiger partial charge in [0.2, 0.25) is 5.91 Å². The third kappa shape index (κ3) is 5.25. The Morgan fingerprint density at radius 2 is 1.81 bits per heavy atom. The summed E-state index contributed by atoms with van der Waals surface area (Å²) in [4.78, 5) is 21.9. The van der Waals surface area contributed by atoms with Crippen LogP contribution in [0.1, 0.15) is 33.6 Å². The van der Waals surface area contributed by atoms with E-state index in [1.165, 1.54) is 6.92 Å². The Morgan fingerprint density at radius 3 is 2.19 bits per heavy atom. The number of amides is 1. The summed E-state index contributed by atoms with van der Waals surface area (Å²) in [6.45, 7) is 5.39. The summed E-state index contributed by atoms with van der Waals surface area (Å²) < 4.78 is 11.4. The summed E-state index contributed by atoms with van der Waals surface area (Å²) in [6.07, 6.45) is 1.61. The molecule has 0 saturated carbocycles. The summed E-state index contributed by atoms with van der Waals surface area (Å²) in [7, 11) is -1.66. The molecule has 0 rings (SSSR count). The second-order valence-electron chi connectivity index (χ2n) is 3.58. The van der Waals surface area contributed by atoms with Crippen LogP contribution >= 0.6 is 0 Å². The standard InChI is InChI=1S/C10H19NO4S/c1-4-8(5-2)11-10(14)7(3)16(15)6-9(12)13/h7-8H,4-6H2,1-3H3,(H,11,14)(H,12,13). The molecule has 94 valence electrons. The Bertz CT molecular complexity index is 276. The predicted molar refractivity (Wildman–Crippen MR) is 62.6 cm³/mol. The Labute approximate surface area is 98.1 Å². The first-order valence-electron chi connectivity index (χ1n) is 5.31. The molecule has 0 aromatic carbocycles. The van der Waals surface area contributed by atoms with E-state index >= 15 is 0 Å². The Morgan fingerprint density at radius 1 is 1.31 bits per heavy atom. The third-order valence-corrected chi connectivity index (χ3v) is 3.90. The average Bonchev–Trinajstić information content (AvgIpc) is 2.23. The smallest absolute Gasteiger partial charge is 0.316 e. The first-order chi connectivity index (χ1) is 7.42.